The van der Waals surface area contributed by atoms with Gasteiger partial charge in [0.15, 0.2) is 0 Å². The minimum atomic E-state index is -0.236. The van der Waals surface area contributed by atoms with Gasteiger partial charge in [0.2, 0.25) is 0 Å². The highest BCUT2D eigenvalue weighted by molar-refractivity contribution is 7.09. The second-order valence-corrected chi connectivity index (χ2v) is 4.54. The first kappa shape index (κ1) is 12.5. The predicted molar refractivity (Wildman–Crippen MR) is 70.1 cm³/mol. The van der Waals surface area contributed by atoms with Crippen molar-refractivity contribution in [2.24, 2.45) is 5.84 Å². The lowest BCUT2D eigenvalue weighted by Gasteiger charge is -2.05. The van der Waals surface area contributed by atoms with Crippen molar-refractivity contribution in [2.75, 3.05) is 5.43 Å². The average molecular weight is 263 g/mol. The summed E-state index contributed by atoms with van der Waals surface area (Å²) in [6, 6.07) is 5.04. The summed E-state index contributed by atoms with van der Waals surface area (Å²) in [5, 5.41) is 2.79. The van der Waals surface area contributed by atoms with Gasteiger partial charge in [-0.2, -0.15) is 0 Å². The SMILES string of the molecule is Cc1ncsc1CNC(=O)c1cccc(NN)n1. The fraction of sp³-hybridized carbons (Fsp3) is 0.182. The van der Waals surface area contributed by atoms with Gasteiger partial charge < -0.3 is 10.7 Å². The number of pyridine rings is 1. The van der Waals surface area contributed by atoms with Crippen LogP contribution in [0.15, 0.2) is 23.7 Å². The molecule has 0 saturated heterocycles. The normalized spacial score (nSPS) is 10.1. The number of carbonyl (C=O) groups excluding carboxylic acids is 1. The zero-order chi connectivity index (χ0) is 13.0. The van der Waals surface area contributed by atoms with Gasteiger partial charge in [-0.05, 0) is 19.1 Å². The number of rotatable bonds is 4. The molecule has 18 heavy (non-hydrogen) atoms. The van der Waals surface area contributed by atoms with Gasteiger partial charge in [-0.25, -0.2) is 15.8 Å². The van der Waals surface area contributed by atoms with Gasteiger partial charge in [-0.3, -0.25) is 4.79 Å². The maximum Gasteiger partial charge on any atom is 0.270 e. The van der Waals surface area contributed by atoms with Gasteiger partial charge in [0.1, 0.15) is 11.5 Å². The van der Waals surface area contributed by atoms with Crippen LogP contribution in [0, 0.1) is 6.92 Å². The third-order valence-corrected chi connectivity index (χ3v) is 3.32. The van der Waals surface area contributed by atoms with Crippen LogP contribution < -0.4 is 16.6 Å². The second kappa shape index (κ2) is 5.56. The Morgan fingerprint density at radius 1 is 1.50 bits per heavy atom. The van der Waals surface area contributed by atoms with Crippen LogP contribution in [-0.2, 0) is 6.54 Å². The summed E-state index contributed by atoms with van der Waals surface area (Å²) in [6.07, 6.45) is 0. The molecule has 0 radical (unpaired) electrons. The third kappa shape index (κ3) is 2.82. The molecular weight excluding hydrogens is 250 g/mol. The van der Waals surface area contributed by atoms with E-state index in [1.165, 1.54) is 11.3 Å². The molecule has 0 aliphatic heterocycles. The maximum absolute atomic E-state index is 11.9. The van der Waals surface area contributed by atoms with Crippen LogP contribution in [0.1, 0.15) is 21.1 Å². The fourth-order valence-corrected chi connectivity index (χ4v) is 2.11. The molecule has 94 valence electrons. The topological polar surface area (TPSA) is 92.9 Å². The highest BCUT2D eigenvalue weighted by Gasteiger charge is 2.09. The van der Waals surface area contributed by atoms with Crippen LogP contribution in [0.4, 0.5) is 5.82 Å². The summed E-state index contributed by atoms with van der Waals surface area (Å²) in [7, 11) is 0. The van der Waals surface area contributed by atoms with Crippen molar-refractivity contribution in [3.63, 3.8) is 0 Å². The van der Waals surface area contributed by atoms with E-state index in [-0.39, 0.29) is 5.91 Å². The Bertz CT molecular complexity index is 554. The van der Waals surface area contributed by atoms with E-state index in [0.29, 0.717) is 18.1 Å². The molecule has 2 aromatic heterocycles. The van der Waals surface area contributed by atoms with Crippen LogP contribution in [-0.4, -0.2) is 15.9 Å². The Morgan fingerprint density at radius 2 is 2.33 bits per heavy atom. The van der Waals surface area contributed by atoms with E-state index >= 15 is 0 Å². The number of aryl methyl sites for hydroxylation is 1. The number of nitrogen functional groups attached to an aromatic ring is 1. The molecule has 0 atom stereocenters. The van der Waals surface area contributed by atoms with Gasteiger partial charge in [-0.1, -0.05) is 6.07 Å². The molecule has 0 aromatic carbocycles. The van der Waals surface area contributed by atoms with Crippen molar-refractivity contribution < 1.29 is 4.79 Å². The monoisotopic (exact) mass is 263 g/mol. The van der Waals surface area contributed by atoms with Gasteiger partial charge in [0.25, 0.3) is 5.91 Å². The number of nitrogens with zero attached hydrogens (tertiary/aromatic N) is 2. The minimum Gasteiger partial charge on any atom is -0.346 e. The van der Waals surface area contributed by atoms with Crippen molar-refractivity contribution >= 4 is 23.1 Å². The smallest absolute Gasteiger partial charge is 0.270 e. The molecule has 2 aromatic rings. The maximum atomic E-state index is 11.9. The number of aromatic nitrogens is 2. The average Bonchev–Trinajstić information content (AvgIpc) is 2.81. The first-order chi connectivity index (χ1) is 8.70. The number of amides is 1. The summed E-state index contributed by atoms with van der Waals surface area (Å²) in [6.45, 7) is 2.37. The predicted octanol–water partition coefficient (Wildman–Crippen LogP) is 1.06. The molecule has 2 rings (SSSR count). The molecule has 0 spiro atoms. The molecule has 0 unspecified atom stereocenters. The lowest BCUT2D eigenvalue weighted by atomic mass is 10.3. The van der Waals surface area contributed by atoms with Crippen LogP contribution in [0.3, 0.4) is 0 Å². The molecule has 0 fully saturated rings. The number of hydrogen-bond donors (Lipinski definition) is 3. The largest absolute Gasteiger partial charge is 0.346 e. The van der Waals surface area contributed by atoms with Gasteiger partial charge in [0, 0.05) is 4.88 Å². The third-order valence-electron chi connectivity index (χ3n) is 2.38. The molecule has 0 saturated carbocycles. The first-order valence-corrected chi connectivity index (χ1v) is 6.19. The van der Waals surface area contributed by atoms with E-state index in [9.17, 15) is 4.79 Å². The van der Waals surface area contributed by atoms with Gasteiger partial charge in [0.05, 0.1) is 17.7 Å². The van der Waals surface area contributed by atoms with Crippen molar-refractivity contribution in [3.05, 3.63) is 40.0 Å². The zero-order valence-corrected chi connectivity index (χ0v) is 10.6. The van der Waals surface area contributed by atoms with Gasteiger partial charge >= 0.3 is 0 Å². The summed E-state index contributed by atoms with van der Waals surface area (Å²) < 4.78 is 0. The van der Waals surface area contributed by atoms with Crippen LogP contribution in [0.2, 0.25) is 0 Å². The molecular formula is C11H13N5OS. The molecule has 2 heterocycles. The van der Waals surface area contributed by atoms with E-state index in [1.54, 1.807) is 23.7 Å². The molecule has 0 aliphatic rings. The highest BCUT2D eigenvalue weighted by atomic mass is 32.1. The lowest BCUT2D eigenvalue weighted by molar-refractivity contribution is 0.0946. The fourth-order valence-electron chi connectivity index (χ4n) is 1.39. The summed E-state index contributed by atoms with van der Waals surface area (Å²) in [5.74, 6) is 5.46. The van der Waals surface area contributed by atoms with E-state index in [0.717, 1.165) is 10.6 Å². The summed E-state index contributed by atoms with van der Waals surface area (Å²) >= 11 is 1.52. The number of carbonyl (C=O) groups is 1. The Balaban J connectivity index is 2.01. The number of nitrogens with two attached hydrogens (primary N) is 1. The van der Waals surface area contributed by atoms with Crippen molar-refractivity contribution in [1.29, 1.82) is 0 Å². The number of nitrogens with one attached hydrogen (secondary N) is 2. The van der Waals surface area contributed by atoms with E-state index in [2.05, 4.69) is 20.7 Å². The first-order valence-electron chi connectivity index (χ1n) is 5.31. The Labute approximate surface area is 108 Å². The standard InChI is InChI=1S/C11H13N5OS/c1-7-9(18-6-14-7)5-13-11(17)8-3-2-4-10(15-8)16-12/h2-4,6H,5,12H2,1H3,(H,13,17)(H,15,16). The summed E-state index contributed by atoms with van der Waals surface area (Å²) in [5.41, 5.74) is 5.42. The van der Waals surface area contributed by atoms with E-state index in [4.69, 9.17) is 5.84 Å². The van der Waals surface area contributed by atoms with Crippen LogP contribution in [0.25, 0.3) is 0 Å². The lowest BCUT2D eigenvalue weighted by Crippen LogP contribution is -2.24. The molecule has 7 heteroatoms. The minimum absolute atomic E-state index is 0.236. The van der Waals surface area contributed by atoms with Crippen molar-refractivity contribution in [1.82, 2.24) is 15.3 Å². The zero-order valence-electron chi connectivity index (χ0n) is 9.80. The second-order valence-electron chi connectivity index (χ2n) is 3.60. The molecule has 0 bridgehead atoms. The number of hydrazine groups is 1. The van der Waals surface area contributed by atoms with E-state index < -0.39 is 0 Å². The number of thiazole rings is 1. The van der Waals surface area contributed by atoms with Crippen LogP contribution in [0.5, 0.6) is 0 Å². The Hall–Kier alpha value is -1.99. The van der Waals surface area contributed by atoms with Crippen molar-refractivity contribution in [3.8, 4) is 0 Å². The number of anilines is 1. The quantitative estimate of drug-likeness (QED) is 0.566. The molecule has 6 nitrogen and oxygen atoms in total. The molecule has 4 N–H and O–H groups in total. The Kier molecular flexibility index (Phi) is 3.85. The summed E-state index contributed by atoms with van der Waals surface area (Å²) in [4.78, 5) is 21.1. The van der Waals surface area contributed by atoms with E-state index in [1.807, 2.05) is 6.92 Å². The highest BCUT2D eigenvalue weighted by Crippen LogP contribution is 2.11. The number of hydrogen-bond acceptors (Lipinski definition) is 6. The molecule has 0 aliphatic carbocycles. The Morgan fingerprint density at radius 3 is 3.00 bits per heavy atom. The van der Waals surface area contributed by atoms with Crippen LogP contribution >= 0.6 is 11.3 Å². The van der Waals surface area contributed by atoms with Gasteiger partial charge in [-0.15, -0.1) is 11.3 Å². The molecule has 1 amide bonds. The van der Waals surface area contributed by atoms with Crippen molar-refractivity contribution in [2.45, 2.75) is 13.5 Å².